The molecule has 3 N–H and O–H groups in total. The summed E-state index contributed by atoms with van der Waals surface area (Å²) in [7, 11) is 0. The maximum atomic E-state index is 12.9. The minimum absolute atomic E-state index is 0.0955. The number of hydrogen-bond acceptors (Lipinski definition) is 3. The van der Waals surface area contributed by atoms with Gasteiger partial charge >= 0.3 is 0 Å². The van der Waals surface area contributed by atoms with E-state index < -0.39 is 5.60 Å². The lowest BCUT2D eigenvalue weighted by molar-refractivity contribution is 0.0911. The molecule has 1 atom stereocenters. The van der Waals surface area contributed by atoms with Crippen LogP contribution >= 0.6 is 0 Å². The summed E-state index contributed by atoms with van der Waals surface area (Å²) in [5.41, 5.74) is 3.75. The molecule has 0 aliphatic heterocycles. The van der Waals surface area contributed by atoms with Gasteiger partial charge in [0.2, 0.25) is 0 Å². The number of carbonyl (C=O) groups is 1. The van der Waals surface area contributed by atoms with Gasteiger partial charge in [-0.05, 0) is 75.3 Å². The molecule has 186 valence electrons. The second kappa shape index (κ2) is 11.7. The van der Waals surface area contributed by atoms with Crippen molar-refractivity contribution in [3.8, 4) is 11.8 Å². The first kappa shape index (κ1) is 27.7. The number of hydrogen-bond donors (Lipinski definition) is 3. The SMILES string of the molecule is CCn1cc(C(CC)(CC)c2ccc(C#CC(O)(CC)CC)c(C)c2)cc1C(=O)N[C@@H](C)CO. The molecule has 5 nitrogen and oxygen atoms in total. The van der Waals surface area contributed by atoms with Gasteiger partial charge in [-0.25, -0.2) is 0 Å². The van der Waals surface area contributed by atoms with Gasteiger partial charge in [0, 0.05) is 29.8 Å². The van der Waals surface area contributed by atoms with Crippen molar-refractivity contribution in [3.63, 3.8) is 0 Å². The number of rotatable bonds is 10. The molecule has 2 rings (SSSR count). The summed E-state index contributed by atoms with van der Waals surface area (Å²) in [5, 5.41) is 22.7. The molecular weight excluding hydrogens is 424 g/mol. The average Bonchev–Trinajstić information content (AvgIpc) is 3.29. The summed E-state index contributed by atoms with van der Waals surface area (Å²) >= 11 is 0. The van der Waals surface area contributed by atoms with Crippen LogP contribution in [0.4, 0.5) is 0 Å². The minimum atomic E-state index is -0.949. The number of benzene rings is 1. The van der Waals surface area contributed by atoms with E-state index in [9.17, 15) is 15.0 Å². The summed E-state index contributed by atoms with van der Waals surface area (Å²) in [4.78, 5) is 12.9. The van der Waals surface area contributed by atoms with Gasteiger partial charge in [0.1, 0.15) is 11.3 Å². The third kappa shape index (κ3) is 5.74. The van der Waals surface area contributed by atoms with E-state index in [4.69, 9.17) is 0 Å². The van der Waals surface area contributed by atoms with Crippen LogP contribution in [0.5, 0.6) is 0 Å². The molecule has 34 heavy (non-hydrogen) atoms. The molecule has 0 aliphatic rings. The van der Waals surface area contributed by atoms with Crippen LogP contribution in [-0.4, -0.2) is 38.9 Å². The van der Waals surface area contributed by atoms with E-state index in [0.717, 1.165) is 29.5 Å². The summed E-state index contributed by atoms with van der Waals surface area (Å²) in [5.74, 6) is 6.09. The number of aliphatic hydroxyl groups is 2. The maximum Gasteiger partial charge on any atom is 0.268 e. The van der Waals surface area contributed by atoms with E-state index in [0.29, 0.717) is 25.1 Å². The number of nitrogens with one attached hydrogen (secondary N) is 1. The van der Waals surface area contributed by atoms with Crippen LogP contribution in [0, 0.1) is 18.8 Å². The van der Waals surface area contributed by atoms with Crippen LogP contribution in [0.1, 0.15) is 100.0 Å². The molecule has 2 aromatic rings. The van der Waals surface area contributed by atoms with Crippen LogP contribution in [0.25, 0.3) is 0 Å². The van der Waals surface area contributed by atoms with Crippen molar-refractivity contribution < 1.29 is 15.0 Å². The number of nitrogens with zero attached hydrogens (tertiary/aromatic N) is 1. The van der Waals surface area contributed by atoms with E-state index >= 15 is 0 Å². The molecule has 0 radical (unpaired) electrons. The zero-order chi connectivity index (χ0) is 25.5. The van der Waals surface area contributed by atoms with Crippen LogP contribution < -0.4 is 5.32 Å². The number of aryl methyl sites for hydroxylation is 2. The molecule has 1 aromatic carbocycles. The Bertz CT molecular complexity index is 1030. The van der Waals surface area contributed by atoms with Gasteiger partial charge in [-0.1, -0.05) is 51.7 Å². The summed E-state index contributed by atoms with van der Waals surface area (Å²) in [6.45, 7) is 14.7. The molecule has 0 spiro atoms. The molecule has 0 saturated heterocycles. The zero-order valence-electron chi connectivity index (χ0n) is 22.0. The summed E-state index contributed by atoms with van der Waals surface area (Å²) < 4.78 is 1.98. The number of aromatic nitrogens is 1. The third-order valence-electron chi connectivity index (χ3n) is 7.26. The Hall–Kier alpha value is -2.55. The van der Waals surface area contributed by atoms with Crippen molar-refractivity contribution in [3.05, 3.63) is 58.4 Å². The molecule has 0 aliphatic carbocycles. The number of carbonyl (C=O) groups excluding carboxylic acids is 1. The summed E-state index contributed by atoms with van der Waals surface area (Å²) in [6, 6.07) is 8.09. The highest BCUT2D eigenvalue weighted by Crippen LogP contribution is 2.40. The van der Waals surface area contributed by atoms with E-state index in [1.807, 2.05) is 31.4 Å². The average molecular weight is 467 g/mol. The standard InChI is InChI=1S/C29H42N2O3/c1-8-28(34,9-2)16-15-23-13-14-24(17-21(23)6)29(10-3,11-4)25-18-26(31(12-5)19-25)27(33)30-22(7)20-32/h13-14,17-19,22,32,34H,8-12,20H2,1-7H3,(H,30,33)/t22-/m0/s1. The van der Waals surface area contributed by atoms with Crippen LogP contribution in [-0.2, 0) is 12.0 Å². The molecule has 0 saturated carbocycles. The van der Waals surface area contributed by atoms with Crippen molar-refractivity contribution >= 4 is 5.91 Å². The monoisotopic (exact) mass is 466 g/mol. The molecule has 1 aromatic heterocycles. The lowest BCUT2D eigenvalue weighted by atomic mass is 9.71. The van der Waals surface area contributed by atoms with Crippen molar-refractivity contribution in [2.24, 2.45) is 0 Å². The van der Waals surface area contributed by atoms with Gasteiger partial charge in [-0.15, -0.1) is 0 Å². The number of aliphatic hydroxyl groups excluding tert-OH is 1. The van der Waals surface area contributed by atoms with E-state index in [2.05, 4.69) is 62.3 Å². The molecule has 0 bridgehead atoms. The summed E-state index contributed by atoms with van der Waals surface area (Å²) in [6.07, 6.45) is 5.08. The second-order valence-electron chi connectivity index (χ2n) is 9.26. The lowest BCUT2D eigenvalue weighted by Gasteiger charge is -2.32. The van der Waals surface area contributed by atoms with Gasteiger partial charge in [0.25, 0.3) is 5.91 Å². The highest BCUT2D eigenvalue weighted by atomic mass is 16.3. The van der Waals surface area contributed by atoms with Crippen LogP contribution in [0.2, 0.25) is 0 Å². The van der Waals surface area contributed by atoms with Gasteiger partial charge in [-0.2, -0.15) is 0 Å². The predicted molar refractivity (Wildman–Crippen MR) is 139 cm³/mol. The molecule has 1 amide bonds. The maximum absolute atomic E-state index is 12.9. The van der Waals surface area contributed by atoms with E-state index in [1.165, 1.54) is 5.56 Å². The largest absolute Gasteiger partial charge is 0.394 e. The van der Waals surface area contributed by atoms with Crippen molar-refractivity contribution in [2.45, 2.75) is 97.8 Å². The smallest absolute Gasteiger partial charge is 0.268 e. The molecule has 5 heteroatoms. The molecular formula is C29H42N2O3. The highest BCUT2D eigenvalue weighted by molar-refractivity contribution is 5.93. The first-order valence-corrected chi connectivity index (χ1v) is 12.6. The quantitative estimate of drug-likeness (QED) is 0.435. The van der Waals surface area contributed by atoms with Gasteiger partial charge in [0.15, 0.2) is 0 Å². The Labute approximate surface area is 205 Å². The predicted octanol–water partition coefficient (Wildman–Crippen LogP) is 4.94. The van der Waals surface area contributed by atoms with E-state index in [1.54, 1.807) is 6.92 Å². The number of amides is 1. The Morgan fingerprint density at radius 3 is 2.21 bits per heavy atom. The van der Waals surface area contributed by atoms with Crippen molar-refractivity contribution in [2.75, 3.05) is 6.61 Å². The Kier molecular flexibility index (Phi) is 9.55. The van der Waals surface area contributed by atoms with Crippen molar-refractivity contribution in [1.29, 1.82) is 0 Å². The van der Waals surface area contributed by atoms with E-state index in [-0.39, 0.29) is 24.0 Å². The Balaban J connectivity index is 2.53. The normalized spacial score (nSPS) is 12.7. The lowest BCUT2D eigenvalue weighted by Crippen LogP contribution is -2.36. The van der Waals surface area contributed by atoms with Gasteiger partial charge in [0.05, 0.1) is 6.61 Å². The molecule has 1 heterocycles. The first-order valence-electron chi connectivity index (χ1n) is 12.6. The van der Waals surface area contributed by atoms with Gasteiger partial charge < -0.3 is 20.1 Å². The second-order valence-corrected chi connectivity index (χ2v) is 9.26. The zero-order valence-corrected chi connectivity index (χ0v) is 22.0. The fourth-order valence-corrected chi connectivity index (χ4v) is 4.51. The Morgan fingerprint density at radius 2 is 1.71 bits per heavy atom. The fourth-order valence-electron chi connectivity index (χ4n) is 4.51. The topological polar surface area (TPSA) is 74.5 Å². The van der Waals surface area contributed by atoms with Gasteiger partial charge in [-0.3, -0.25) is 4.79 Å². The molecule has 0 fully saturated rings. The highest BCUT2D eigenvalue weighted by Gasteiger charge is 2.33. The fraction of sp³-hybridized carbons (Fsp3) is 0.552. The third-order valence-corrected chi connectivity index (χ3v) is 7.26. The first-order chi connectivity index (χ1) is 16.1. The van der Waals surface area contributed by atoms with Crippen LogP contribution in [0.3, 0.4) is 0 Å². The molecule has 0 unspecified atom stereocenters. The Morgan fingerprint density at radius 1 is 1.06 bits per heavy atom. The minimum Gasteiger partial charge on any atom is -0.394 e. The van der Waals surface area contributed by atoms with Crippen molar-refractivity contribution in [1.82, 2.24) is 9.88 Å². The van der Waals surface area contributed by atoms with Crippen LogP contribution in [0.15, 0.2) is 30.5 Å².